The number of benzene rings is 1. The molecule has 3 aromatic rings. The Bertz CT molecular complexity index is 949. The van der Waals surface area contributed by atoms with E-state index in [4.69, 9.17) is 23.2 Å². The molecule has 0 atom stereocenters. The molecular formula is C17H13Cl2N3O. The van der Waals surface area contributed by atoms with Gasteiger partial charge in [0.05, 0.1) is 32.8 Å². The summed E-state index contributed by atoms with van der Waals surface area (Å²) in [5, 5.41) is 1.15. The zero-order valence-electron chi connectivity index (χ0n) is 12.2. The lowest BCUT2D eigenvalue weighted by atomic mass is 10.2. The molecule has 0 bridgehead atoms. The fourth-order valence-electron chi connectivity index (χ4n) is 2.73. The normalized spacial score (nSPS) is 14.3. The summed E-state index contributed by atoms with van der Waals surface area (Å²) in [5.74, 6) is 1.29. The fraction of sp³-hybridized carbons (Fsp3) is 0.235. The number of halogens is 2. The van der Waals surface area contributed by atoms with E-state index in [1.807, 2.05) is 6.07 Å². The summed E-state index contributed by atoms with van der Waals surface area (Å²) in [5.41, 5.74) is 0.963. The summed E-state index contributed by atoms with van der Waals surface area (Å²) in [7, 11) is 0. The van der Waals surface area contributed by atoms with Crippen molar-refractivity contribution in [2.75, 3.05) is 0 Å². The zero-order chi connectivity index (χ0) is 16.0. The minimum Gasteiger partial charge on any atom is -0.268 e. The van der Waals surface area contributed by atoms with Gasteiger partial charge < -0.3 is 0 Å². The molecule has 0 aliphatic heterocycles. The smallest absolute Gasteiger partial charge is 0.267 e. The Morgan fingerprint density at radius 1 is 1.17 bits per heavy atom. The maximum absolute atomic E-state index is 13.1. The van der Waals surface area contributed by atoms with Crippen LogP contribution in [-0.2, 0) is 6.42 Å². The summed E-state index contributed by atoms with van der Waals surface area (Å²) in [6.07, 6.45) is 6.43. The number of hydrogen-bond donors (Lipinski definition) is 0. The molecule has 2 aromatic heterocycles. The van der Waals surface area contributed by atoms with Gasteiger partial charge in [0.1, 0.15) is 5.82 Å². The van der Waals surface area contributed by atoms with Gasteiger partial charge in [-0.15, -0.1) is 0 Å². The highest BCUT2D eigenvalue weighted by molar-refractivity contribution is 6.39. The third kappa shape index (κ3) is 2.62. The minimum absolute atomic E-state index is 0.203. The average Bonchev–Trinajstić information content (AvgIpc) is 3.36. The molecule has 23 heavy (non-hydrogen) atoms. The van der Waals surface area contributed by atoms with Gasteiger partial charge >= 0.3 is 0 Å². The molecule has 6 heteroatoms. The molecule has 1 aliphatic carbocycles. The molecule has 1 aromatic carbocycles. The van der Waals surface area contributed by atoms with Gasteiger partial charge in [-0.25, -0.2) is 4.98 Å². The molecule has 116 valence electrons. The number of aromatic nitrogens is 3. The Morgan fingerprint density at radius 2 is 1.96 bits per heavy atom. The monoisotopic (exact) mass is 345 g/mol. The van der Waals surface area contributed by atoms with E-state index in [2.05, 4.69) is 9.97 Å². The van der Waals surface area contributed by atoms with Crippen molar-refractivity contribution < 1.29 is 0 Å². The van der Waals surface area contributed by atoms with E-state index in [1.54, 1.807) is 35.2 Å². The van der Waals surface area contributed by atoms with E-state index in [0.717, 1.165) is 6.42 Å². The molecule has 4 rings (SSSR count). The number of nitrogens with zero attached hydrogens (tertiary/aromatic N) is 3. The first-order valence-electron chi connectivity index (χ1n) is 7.45. The summed E-state index contributed by atoms with van der Waals surface area (Å²) in [6.45, 7) is 0. The molecule has 4 nitrogen and oxygen atoms in total. The maximum Gasteiger partial charge on any atom is 0.267 e. The van der Waals surface area contributed by atoms with Crippen LogP contribution in [0.2, 0.25) is 10.0 Å². The van der Waals surface area contributed by atoms with E-state index >= 15 is 0 Å². The molecule has 0 spiro atoms. The van der Waals surface area contributed by atoms with Crippen LogP contribution in [0.3, 0.4) is 0 Å². The minimum atomic E-state index is -0.203. The first-order valence-corrected chi connectivity index (χ1v) is 8.21. The van der Waals surface area contributed by atoms with Crippen molar-refractivity contribution in [1.82, 2.24) is 14.5 Å². The molecule has 0 N–H and O–H groups in total. The molecule has 0 unspecified atom stereocenters. The van der Waals surface area contributed by atoms with Crippen LogP contribution in [0.15, 0.2) is 41.5 Å². The van der Waals surface area contributed by atoms with E-state index in [1.165, 1.54) is 12.8 Å². The molecule has 0 radical (unpaired) electrons. The van der Waals surface area contributed by atoms with E-state index < -0.39 is 0 Å². The third-order valence-corrected chi connectivity index (χ3v) is 4.69. The van der Waals surface area contributed by atoms with Crippen LogP contribution < -0.4 is 5.56 Å². The largest absolute Gasteiger partial charge is 0.268 e. The predicted octanol–water partition coefficient (Wildman–Crippen LogP) is 4.04. The lowest BCUT2D eigenvalue weighted by Crippen LogP contribution is -2.24. The number of rotatable bonds is 3. The van der Waals surface area contributed by atoms with Crippen molar-refractivity contribution in [3.8, 4) is 5.69 Å². The first-order chi connectivity index (χ1) is 11.1. The van der Waals surface area contributed by atoms with Gasteiger partial charge in [0.15, 0.2) is 0 Å². The van der Waals surface area contributed by atoms with Crippen LogP contribution in [0.25, 0.3) is 16.6 Å². The van der Waals surface area contributed by atoms with Gasteiger partial charge in [-0.2, -0.15) is 0 Å². The number of fused-ring (bicyclic) bond motifs is 1. The van der Waals surface area contributed by atoms with Crippen molar-refractivity contribution >= 4 is 34.1 Å². The van der Waals surface area contributed by atoms with Crippen LogP contribution in [0.1, 0.15) is 18.7 Å². The van der Waals surface area contributed by atoms with Crippen LogP contribution in [0.4, 0.5) is 0 Å². The van der Waals surface area contributed by atoms with E-state index in [0.29, 0.717) is 38.4 Å². The van der Waals surface area contributed by atoms with Gasteiger partial charge in [0, 0.05) is 12.6 Å². The second kappa shape index (κ2) is 5.62. The van der Waals surface area contributed by atoms with Crippen molar-refractivity contribution in [3.05, 3.63) is 62.9 Å². The molecule has 2 heterocycles. The summed E-state index contributed by atoms with van der Waals surface area (Å²) in [6, 6.07) is 6.95. The lowest BCUT2D eigenvalue weighted by molar-refractivity contribution is 0.727. The van der Waals surface area contributed by atoms with Crippen molar-refractivity contribution in [2.24, 2.45) is 5.92 Å². The van der Waals surface area contributed by atoms with Gasteiger partial charge in [-0.1, -0.05) is 23.2 Å². The van der Waals surface area contributed by atoms with Gasteiger partial charge in [0.2, 0.25) is 0 Å². The molecule has 1 saturated carbocycles. The van der Waals surface area contributed by atoms with Crippen LogP contribution >= 0.6 is 23.2 Å². The summed E-state index contributed by atoms with van der Waals surface area (Å²) in [4.78, 5) is 21.9. The quantitative estimate of drug-likeness (QED) is 0.719. The third-order valence-electron chi connectivity index (χ3n) is 4.07. The van der Waals surface area contributed by atoms with Crippen LogP contribution in [0, 0.1) is 5.92 Å². The van der Waals surface area contributed by atoms with E-state index in [9.17, 15) is 4.79 Å². The van der Waals surface area contributed by atoms with Crippen molar-refractivity contribution in [2.45, 2.75) is 19.3 Å². The number of hydrogen-bond acceptors (Lipinski definition) is 3. The summed E-state index contributed by atoms with van der Waals surface area (Å²) < 4.78 is 1.61. The molecule has 0 amide bonds. The Labute approximate surface area is 142 Å². The Kier molecular flexibility index (Phi) is 3.58. The SMILES string of the molecule is O=c1c2c(Cl)ccc(Cl)c2nc(CC2CC2)n1-c1cccnc1. The standard InChI is InChI=1S/C17H13Cl2N3O/c18-12-5-6-13(19)16-15(12)17(23)22(11-2-1-7-20-9-11)14(21-16)8-10-3-4-10/h1-2,5-7,9-10H,3-4,8H2. The fourth-order valence-corrected chi connectivity index (χ4v) is 3.16. The maximum atomic E-state index is 13.1. The molecular weight excluding hydrogens is 333 g/mol. The van der Waals surface area contributed by atoms with E-state index in [-0.39, 0.29) is 5.56 Å². The van der Waals surface area contributed by atoms with Crippen molar-refractivity contribution in [3.63, 3.8) is 0 Å². The van der Waals surface area contributed by atoms with Gasteiger partial charge in [-0.3, -0.25) is 14.3 Å². The first kappa shape index (κ1) is 14.7. The van der Waals surface area contributed by atoms with Crippen molar-refractivity contribution in [1.29, 1.82) is 0 Å². The lowest BCUT2D eigenvalue weighted by Gasteiger charge is -2.14. The zero-order valence-corrected chi connectivity index (χ0v) is 13.7. The topological polar surface area (TPSA) is 47.8 Å². The second-order valence-corrected chi connectivity index (χ2v) is 6.59. The van der Waals surface area contributed by atoms with Crippen LogP contribution in [-0.4, -0.2) is 14.5 Å². The van der Waals surface area contributed by atoms with Gasteiger partial charge in [0.25, 0.3) is 5.56 Å². The second-order valence-electron chi connectivity index (χ2n) is 5.78. The molecule has 1 aliphatic rings. The predicted molar refractivity (Wildman–Crippen MR) is 91.6 cm³/mol. The number of pyridine rings is 1. The van der Waals surface area contributed by atoms with Crippen LogP contribution in [0.5, 0.6) is 0 Å². The Balaban J connectivity index is 2.07. The average molecular weight is 346 g/mol. The molecule has 1 fully saturated rings. The molecule has 0 saturated heterocycles. The van der Waals surface area contributed by atoms with Gasteiger partial charge in [-0.05, 0) is 43.0 Å². The summed E-state index contributed by atoms with van der Waals surface area (Å²) >= 11 is 12.5. The Hall–Kier alpha value is -1.91. The highest BCUT2D eigenvalue weighted by Crippen LogP contribution is 2.33. The highest BCUT2D eigenvalue weighted by Gasteiger charge is 2.26. The Morgan fingerprint density at radius 3 is 2.65 bits per heavy atom. The highest BCUT2D eigenvalue weighted by atomic mass is 35.5.